The van der Waals surface area contributed by atoms with Crippen molar-refractivity contribution in [3.05, 3.63) is 64.8 Å². The van der Waals surface area contributed by atoms with Gasteiger partial charge in [0.25, 0.3) is 0 Å². The van der Waals surface area contributed by atoms with Crippen LogP contribution in [0.1, 0.15) is 63.7 Å². The normalized spacial score (nSPS) is 12.2. The Kier molecular flexibility index (Phi) is 10.2. The summed E-state index contributed by atoms with van der Waals surface area (Å²) in [6, 6.07) is 7.76. The van der Waals surface area contributed by atoms with Gasteiger partial charge in [0.05, 0.1) is 0 Å². The van der Waals surface area contributed by atoms with Gasteiger partial charge in [0, 0.05) is 16.2 Å². The van der Waals surface area contributed by atoms with Gasteiger partial charge >= 0.3 is 0 Å². The zero-order valence-electron chi connectivity index (χ0n) is 15.5. The summed E-state index contributed by atoms with van der Waals surface area (Å²) in [5, 5.41) is 0. The van der Waals surface area contributed by atoms with Crippen molar-refractivity contribution < 1.29 is 4.79 Å². The molecule has 0 aliphatic carbocycles. The minimum atomic E-state index is 0.781. The first kappa shape index (κ1) is 20.5. The summed E-state index contributed by atoms with van der Waals surface area (Å²) in [6.45, 7) is 8.72. The molecular formula is C22H30OS. The molecule has 1 nitrogen and oxygen atoms in total. The summed E-state index contributed by atoms with van der Waals surface area (Å²) in [5.41, 5.74) is 5.08. The third-order valence-corrected chi connectivity index (χ3v) is 4.86. The van der Waals surface area contributed by atoms with Crippen LogP contribution in [0.25, 0.3) is 0 Å². The van der Waals surface area contributed by atoms with Crippen molar-refractivity contribution in [1.82, 2.24) is 0 Å². The summed E-state index contributed by atoms with van der Waals surface area (Å²) in [5.74, 6) is 0.917. The molecule has 0 saturated heterocycles. The van der Waals surface area contributed by atoms with Gasteiger partial charge in [-0.15, -0.1) is 11.8 Å². The maximum absolute atomic E-state index is 11.0. The van der Waals surface area contributed by atoms with Crippen molar-refractivity contribution in [3.63, 3.8) is 0 Å². The number of carbonyl (C=O) groups excluding carboxylic acids is 1. The van der Waals surface area contributed by atoms with Gasteiger partial charge in [-0.05, 0) is 59.4 Å². The summed E-state index contributed by atoms with van der Waals surface area (Å²) >= 11 is 1.72. The molecule has 24 heavy (non-hydrogen) atoms. The number of carbonyl (C=O) groups is 1. The highest BCUT2D eigenvalue weighted by atomic mass is 32.2. The van der Waals surface area contributed by atoms with E-state index in [0.717, 1.165) is 48.2 Å². The fraction of sp³-hybridized carbons (Fsp3) is 0.409. The maximum Gasteiger partial charge on any atom is 0.151 e. The Labute approximate surface area is 151 Å². The monoisotopic (exact) mass is 342 g/mol. The molecule has 2 heteroatoms. The number of aldehydes is 1. The molecule has 1 aromatic carbocycles. The molecule has 130 valence electrons. The van der Waals surface area contributed by atoms with Crippen molar-refractivity contribution in [1.29, 1.82) is 0 Å². The Morgan fingerprint density at radius 1 is 0.917 bits per heavy atom. The van der Waals surface area contributed by atoms with Crippen LogP contribution in [0.4, 0.5) is 0 Å². The minimum Gasteiger partial charge on any atom is -0.298 e. The van der Waals surface area contributed by atoms with E-state index in [1.165, 1.54) is 16.7 Å². The van der Waals surface area contributed by atoms with Gasteiger partial charge in [-0.25, -0.2) is 0 Å². The lowest BCUT2D eigenvalue weighted by atomic mass is 10.1. The van der Waals surface area contributed by atoms with Crippen LogP contribution in [-0.4, -0.2) is 12.0 Å². The highest BCUT2D eigenvalue weighted by Gasteiger charge is 1.99. The second-order valence-electron chi connectivity index (χ2n) is 6.43. The molecule has 0 bridgehead atoms. The Bertz CT molecular complexity index is 604. The summed E-state index contributed by atoms with van der Waals surface area (Å²) in [7, 11) is 0. The third kappa shape index (κ3) is 8.93. The fourth-order valence-corrected chi connectivity index (χ4v) is 3.33. The van der Waals surface area contributed by atoms with Crippen molar-refractivity contribution in [2.24, 2.45) is 0 Å². The highest BCUT2D eigenvalue weighted by molar-refractivity contribution is 7.99. The first-order chi connectivity index (χ1) is 11.5. The lowest BCUT2D eigenvalue weighted by Gasteiger charge is -2.03. The average Bonchev–Trinajstić information content (AvgIpc) is 2.55. The van der Waals surface area contributed by atoms with E-state index in [1.807, 2.05) is 24.3 Å². The molecule has 0 aliphatic heterocycles. The number of thioether (sulfide) groups is 1. The first-order valence-electron chi connectivity index (χ1n) is 8.64. The zero-order chi connectivity index (χ0) is 17.8. The Morgan fingerprint density at radius 3 is 2.21 bits per heavy atom. The Morgan fingerprint density at radius 2 is 1.54 bits per heavy atom. The first-order valence-corrected chi connectivity index (χ1v) is 9.63. The number of hydrogen-bond acceptors (Lipinski definition) is 2. The Hall–Kier alpha value is -1.54. The van der Waals surface area contributed by atoms with Gasteiger partial charge in [0.2, 0.25) is 0 Å². The molecule has 0 spiro atoms. The van der Waals surface area contributed by atoms with E-state index in [2.05, 4.69) is 45.9 Å². The van der Waals surface area contributed by atoms with Crippen LogP contribution in [0.2, 0.25) is 0 Å². The van der Waals surface area contributed by atoms with Crippen LogP contribution in [-0.2, 0) is 0 Å². The van der Waals surface area contributed by atoms with E-state index < -0.39 is 0 Å². The predicted molar refractivity (Wildman–Crippen MR) is 108 cm³/mol. The molecule has 0 aromatic heterocycles. The van der Waals surface area contributed by atoms with E-state index in [-0.39, 0.29) is 0 Å². The molecule has 1 rings (SSSR count). The topological polar surface area (TPSA) is 17.1 Å². The lowest BCUT2D eigenvalue weighted by Crippen LogP contribution is -1.86. The smallest absolute Gasteiger partial charge is 0.151 e. The van der Waals surface area contributed by atoms with Gasteiger partial charge in [-0.2, -0.15) is 0 Å². The summed E-state index contributed by atoms with van der Waals surface area (Å²) < 4.78 is 0. The van der Waals surface area contributed by atoms with Crippen molar-refractivity contribution in [2.45, 2.75) is 58.3 Å². The summed E-state index contributed by atoms with van der Waals surface area (Å²) in [6.07, 6.45) is 12.4. The van der Waals surface area contributed by atoms with Crippen LogP contribution in [0.3, 0.4) is 0 Å². The van der Waals surface area contributed by atoms with Crippen molar-refractivity contribution in [3.8, 4) is 0 Å². The van der Waals surface area contributed by atoms with Crippen LogP contribution in [0.5, 0.6) is 0 Å². The van der Waals surface area contributed by atoms with E-state index in [1.54, 1.807) is 11.8 Å². The molecule has 0 radical (unpaired) electrons. The molecule has 0 atom stereocenters. The Balaban J connectivity index is 2.34. The average molecular weight is 343 g/mol. The molecule has 1 aromatic rings. The van der Waals surface area contributed by atoms with Crippen LogP contribution < -0.4 is 0 Å². The standard InChI is InChI=1S/C22H30OS/c1-18(2)9-7-10-19(3)11-8-12-20(4)15-16-24-22-14-6-5-13-21(22)17-23/h5-6,9,11,13-15,17H,7-8,10,12,16H2,1-4H3. The molecule has 0 unspecified atom stereocenters. The van der Waals surface area contributed by atoms with E-state index in [4.69, 9.17) is 0 Å². The van der Waals surface area contributed by atoms with Gasteiger partial charge in [0.15, 0.2) is 6.29 Å². The second kappa shape index (κ2) is 11.9. The molecule has 0 fully saturated rings. The lowest BCUT2D eigenvalue weighted by molar-refractivity contribution is 0.112. The maximum atomic E-state index is 11.0. The molecule has 0 N–H and O–H groups in total. The van der Waals surface area contributed by atoms with Crippen molar-refractivity contribution >= 4 is 18.0 Å². The van der Waals surface area contributed by atoms with Crippen LogP contribution in [0.15, 0.2) is 64.1 Å². The number of allylic oxidation sites excluding steroid dienone is 5. The molecule has 0 saturated carbocycles. The van der Waals surface area contributed by atoms with Gasteiger partial charge in [0.1, 0.15) is 0 Å². The van der Waals surface area contributed by atoms with E-state index in [9.17, 15) is 4.79 Å². The van der Waals surface area contributed by atoms with Crippen LogP contribution in [0, 0.1) is 0 Å². The molecule has 0 heterocycles. The predicted octanol–water partition coefficient (Wildman–Crippen LogP) is 7.01. The second-order valence-corrected chi connectivity index (χ2v) is 7.49. The largest absolute Gasteiger partial charge is 0.298 e. The van der Waals surface area contributed by atoms with Gasteiger partial charge in [-0.3, -0.25) is 4.79 Å². The molecular weight excluding hydrogens is 312 g/mol. The molecule has 0 aliphatic rings. The minimum absolute atomic E-state index is 0.781. The molecule has 0 amide bonds. The number of benzene rings is 1. The van der Waals surface area contributed by atoms with Crippen molar-refractivity contribution in [2.75, 3.05) is 5.75 Å². The quantitative estimate of drug-likeness (QED) is 0.258. The van der Waals surface area contributed by atoms with E-state index >= 15 is 0 Å². The number of rotatable bonds is 10. The van der Waals surface area contributed by atoms with Gasteiger partial charge < -0.3 is 0 Å². The van der Waals surface area contributed by atoms with Crippen LogP contribution >= 0.6 is 11.8 Å². The van der Waals surface area contributed by atoms with Gasteiger partial charge in [-0.1, -0.05) is 53.1 Å². The SMILES string of the molecule is CC(C)=CCCC(C)=CCCC(C)=CCSc1ccccc1C=O. The number of hydrogen-bond donors (Lipinski definition) is 0. The zero-order valence-corrected chi connectivity index (χ0v) is 16.3. The third-order valence-electron chi connectivity index (χ3n) is 3.84. The van der Waals surface area contributed by atoms with E-state index in [0.29, 0.717) is 0 Å². The fourth-order valence-electron chi connectivity index (χ4n) is 2.32. The highest BCUT2D eigenvalue weighted by Crippen LogP contribution is 2.22. The summed E-state index contributed by atoms with van der Waals surface area (Å²) in [4.78, 5) is 12.1.